The summed E-state index contributed by atoms with van der Waals surface area (Å²) in [6.45, 7) is 1.37. The average molecular weight is 427 g/mol. The van der Waals surface area contributed by atoms with E-state index in [9.17, 15) is 9.59 Å². The first kappa shape index (κ1) is 19.2. The molecule has 5 rings (SSSR count). The van der Waals surface area contributed by atoms with Crippen LogP contribution in [0, 0.1) is 5.92 Å². The molecule has 0 aromatic heterocycles. The molecule has 30 heavy (non-hydrogen) atoms. The summed E-state index contributed by atoms with van der Waals surface area (Å²) in [6, 6.07) is 13.1. The number of benzene rings is 2. The normalized spacial score (nSPS) is 21.8. The van der Waals surface area contributed by atoms with Gasteiger partial charge in [0, 0.05) is 29.7 Å². The Kier molecular flexibility index (Phi) is 4.82. The fraction of sp³-hybridized carbons (Fsp3) is 0.391. The third kappa shape index (κ3) is 3.39. The van der Waals surface area contributed by atoms with Crippen molar-refractivity contribution in [1.82, 2.24) is 5.32 Å². The third-order valence-electron chi connectivity index (χ3n) is 6.30. The van der Waals surface area contributed by atoms with Crippen LogP contribution in [-0.2, 0) is 15.1 Å². The van der Waals surface area contributed by atoms with Crippen LogP contribution in [0.25, 0.3) is 0 Å². The maximum absolute atomic E-state index is 13.1. The first-order valence-corrected chi connectivity index (χ1v) is 10.7. The Morgan fingerprint density at radius 3 is 2.50 bits per heavy atom. The molecule has 1 saturated heterocycles. The van der Waals surface area contributed by atoms with Crippen LogP contribution in [0.2, 0.25) is 5.02 Å². The molecule has 1 N–H and O–H groups in total. The second-order valence-electron chi connectivity index (χ2n) is 8.17. The van der Waals surface area contributed by atoms with Crippen molar-refractivity contribution in [3.63, 3.8) is 0 Å². The van der Waals surface area contributed by atoms with Crippen molar-refractivity contribution in [2.75, 3.05) is 24.7 Å². The summed E-state index contributed by atoms with van der Waals surface area (Å²) < 4.78 is 11.2. The highest BCUT2D eigenvalue weighted by atomic mass is 35.5. The number of carbonyl (C=O) groups is 2. The quantitative estimate of drug-likeness (QED) is 0.810. The summed E-state index contributed by atoms with van der Waals surface area (Å²) >= 11 is 6.02. The van der Waals surface area contributed by atoms with Gasteiger partial charge in [0.1, 0.15) is 13.2 Å². The van der Waals surface area contributed by atoms with Crippen molar-refractivity contribution in [2.45, 2.75) is 31.2 Å². The Balaban J connectivity index is 1.30. The van der Waals surface area contributed by atoms with Crippen molar-refractivity contribution in [3.05, 3.63) is 53.1 Å². The van der Waals surface area contributed by atoms with Gasteiger partial charge in [0.2, 0.25) is 11.8 Å². The molecule has 3 aliphatic rings. The lowest BCUT2D eigenvalue weighted by molar-refractivity contribution is -0.129. The minimum atomic E-state index is -0.379. The number of nitrogens with one attached hydrogen (secondary N) is 1. The molecular weight excluding hydrogens is 404 g/mol. The predicted molar refractivity (Wildman–Crippen MR) is 113 cm³/mol. The van der Waals surface area contributed by atoms with E-state index in [2.05, 4.69) is 5.32 Å². The summed E-state index contributed by atoms with van der Waals surface area (Å²) in [4.78, 5) is 27.4. The molecule has 2 aromatic carbocycles. The van der Waals surface area contributed by atoms with Crippen LogP contribution >= 0.6 is 11.6 Å². The SMILES string of the molecule is O=C(NC1(c2ccc(Cl)cc2)CCC1)C1CC(=O)N(c2ccc3c(c2)OCCO3)C1. The smallest absolute Gasteiger partial charge is 0.227 e. The first-order chi connectivity index (χ1) is 14.5. The van der Waals surface area contributed by atoms with Crippen molar-refractivity contribution < 1.29 is 19.1 Å². The van der Waals surface area contributed by atoms with Gasteiger partial charge in [0.25, 0.3) is 0 Å². The molecule has 7 heteroatoms. The molecule has 2 fully saturated rings. The van der Waals surface area contributed by atoms with Crippen LogP contribution in [0.15, 0.2) is 42.5 Å². The van der Waals surface area contributed by atoms with E-state index in [1.165, 1.54) is 0 Å². The zero-order chi connectivity index (χ0) is 20.7. The van der Waals surface area contributed by atoms with Gasteiger partial charge >= 0.3 is 0 Å². The van der Waals surface area contributed by atoms with Crippen LogP contribution < -0.4 is 19.7 Å². The Bertz CT molecular complexity index is 987. The number of amides is 2. The van der Waals surface area contributed by atoms with Gasteiger partial charge in [-0.15, -0.1) is 0 Å². The van der Waals surface area contributed by atoms with Gasteiger partial charge in [-0.3, -0.25) is 9.59 Å². The molecule has 1 saturated carbocycles. The van der Waals surface area contributed by atoms with Crippen LogP contribution in [0.3, 0.4) is 0 Å². The largest absolute Gasteiger partial charge is 0.486 e. The Morgan fingerprint density at radius 1 is 1.07 bits per heavy atom. The number of hydrogen-bond donors (Lipinski definition) is 1. The van der Waals surface area contributed by atoms with Crippen LogP contribution in [0.5, 0.6) is 11.5 Å². The van der Waals surface area contributed by atoms with E-state index < -0.39 is 0 Å². The Labute approximate surface area is 180 Å². The summed E-state index contributed by atoms with van der Waals surface area (Å²) in [5.41, 5.74) is 1.45. The molecule has 2 aromatic rings. The number of fused-ring (bicyclic) bond motifs is 1. The molecule has 2 heterocycles. The number of hydrogen-bond acceptors (Lipinski definition) is 4. The summed E-state index contributed by atoms with van der Waals surface area (Å²) in [7, 11) is 0. The molecular formula is C23H23ClN2O4. The van der Waals surface area contributed by atoms with E-state index in [4.69, 9.17) is 21.1 Å². The van der Waals surface area contributed by atoms with E-state index in [-0.39, 0.29) is 29.7 Å². The molecule has 0 bridgehead atoms. The van der Waals surface area contributed by atoms with Crippen molar-refractivity contribution in [3.8, 4) is 11.5 Å². The topological polar surface area (TPSA) is 67.9 Å². The molecule has 156 valence electrons. The number of rotatable bonds is 4. The zero-order valence-electron chi connectivity index (χ0n) is 16.5. The number of anilines is 1. The minimum absolute atomic E-state index is 0.0546. The van der Waals surface area contributed by atoms with Crippen LogP contribution in [-0.4, -0.2) is 31.6 Å². The van der Waals surface area contributed by atoms with Gasteiger partial charge in [-0.25, -0.2) is 0 Å². The molecule has 6 nitrogen and oxygen atoms in total. The summed E-state index contributed by atoms with van der Waals surface area (Å²) in [5.74, 6) is 0.811. The van der Waals surface area contributed by atoms with Gasteiger partial charge in [0.15, 0.2) is 11.5 Å². The lowest BCUT2D eigenvalue weighted by atomic mass is 9.71. The van der Waals surface area contributed by atoms with E-state index in [0.29, 0.717) is 36.3 Å². The molecule has 1 unspecified atom stereocenters. The number of ether oxygens (including phenoxy) is 2. The Hall–Kier alpha value is -2.73. The van der Waals surface area contributed by atoms with Crippen LogP contribution in [0.1, 0.15) is 31.2 Å². The number of carbonyl (C=O) groups excluding carboxylic acids is 2. The lowest BCUT2D eigenvalue weighted by Gasteiger charge is -2.43. The zero-order valence-corrected chi connectivity index (χ0v) is 17.3. The van der Waals surface area contributed by atoms with Gasteiger partial charge in [-0.05, 0) is 49.1 Å². The Morgan fingerprint density at radius 2 is 1.80 bits per heavy atom. The predicted octanol–water partition coefficient (Wildman–Crippen LogP) is 3.66. The van der Waals surface area contributed by atoms with E-state index >= 15 is 0 Å². The van der Waals surface area contributed by atoms with Gasteiger partial charge in [-0.2, -0.15) is 0 Å². The standard InChI is InChI=1S/C23H23ClN2O4/c24-17-4-2-16(3-5-17)23(8-1-9-23)25-22(28)15-12-21(27)26(14-15)18-6-7-19-20(13-18)30-11-10-29-19/h2-7,13,15H,1,8-12,14H2,(H,25,28). The molecule has 0 radical (unpaired) electrons. The van der Waals surface area contributed by atoms with Crippen molar-refractivity contribution in [2.24, 2.45) is 5.92 Å². The molecule has 1 aliphatic carbocycles. The minimum Gasteiger partial charge on any atom is -0.486 e. The number of nitrogens with zero attached hydrogens (tertiary/aromatic N) is 1. The molecule has 1 atom stereocenters. The maximum Gasteiger partial charge on any atom is 0.227 e. The molecule has 2 amide bonds. The lowest BCUT2D eigenvalue weighted by Crippen LogP contribution is -2.52. The highest BCUT2D eigenvalue weighted by Gasteiger charge is 2.43. The van der Waals surface area contributed by atoms with Crippen molar-refractivity contribution >= 4 is 29.1 Å². The fourth-order valence-corrected chi connectivity index (χ4v) is 4.58. The molecule has 0 spiro atoms. The maximum atomic E-state index is 13.1. The van der Waals surface area contributed by atoms with Crippen LogP contribution in [0.4, 0.5) is 5.69 Å². The second kappa shape index (κ2) is 7.51. The second-order valence-corrected chi connectivity index (χ2v) is 8.60. The highest BCUT2D eigenvalue weighted by molar-refractivity contribution is 6.30. The first-order valence-electron chi connectivity index (χ1n) is 10.3. The third-order valence-corrected chi connectivity index (χ3v) is 6.55. The van der Waals surface area contributed by atoms with Gasteiger partial charge in [-0.1, -0.05) is 23.7 Å². The van der Waals surface area contributed by atoms with E-state index in [1.807, 2.05) is 42.5 Å². The fourth-order valence-electron chi connectivity index (χ4n) is 4.46. The summed E-state index contributed by atoms with van der Waals surface area (Å²) in [6.07, 6.45) is 3.06. The molecule has 2 aliphatic heterocycles. The van der Waals surface area contributed by atoms with E-state index in [0.717, 1.165) is 30.5 Å². The van der Waals surface area contributed by atoms with Gasteiger partial charge in [0.05, 0.1) is 11.5 Å². The van der Waals surface area contributed by atoms with E-state index in [1.54, 1.807) is 4.90 Å². The monoisotopic (exact) mass is 426 g/mol. The summed E-state index contributed by atoms with van der Waals surface area (Å²) in [5, 5.41) is 3.92. The highest BCUT2D eigenvalue weighted by Crippen LogP contribution is 2.42. The van der Waals surface area contributed by atoms with Gasteiger partial charge < -0.3 is 19.7 Å². The van der Waals surface area contributed by atoms with Crippen molar-refractivity contribution in [1.29, 1.82) is 0 Å². The average Bonchev–Trinajstić information content (AvgIpc) is 3.13. The number of halogens is 1.